The Labute approximate surface area is 240 Å². The quantitative estimate of drug-likeness (QED) is 0.0673. The lowest BCUT2D eigenvalue weighted by Crippen LogP contribution is -2.01. The van der Waals surface area contributed by atoms with Gasteiger partial charge in [-0.05, 0) is 12.0 Å². The Morgan fingerprint density at radius 2 is 1.10 bits per heavy atom. The largest absolute Gasteiger partial charge is 0.466 e. The van der Waals surface area contributed by atoms with E-state index in [1.165, 1.54) is 115 Å². The van der Waals surface area contributed by atoms with Crippen molar-refractivity contribution in [3.05, 3.63) is 79.9 Å². The molecule has 4 heteroatoms. The van der Waals surface area contributed by atoms with Crippen LogP contribution in [-0.4, -0.2) is 25.7 Å². The Bertz CT molecular complexity index is 736. The first-order chi connectivity index (χ1) is 19.0. The smallest absolute Gasteiger partial charge is 0.330 e. The van der Waals surface area contributed by atoms with Gasteiger partial charge in [0.25, 0.3) is 0 Å². The zero-order chi connectivity index (χ0) is 29.2. The molecule has 39 heavy (non-hydrogen) atoms. The molecule has 0 N–H and O–H groups in total. The molecule has 0 aliphatic carbocycles. The molecule has 0 aliphatic rings. The number of hydrogen-bond acceptors (Lipinski definition) is 4. The summed E-state index contributed by atoms with van der Waals surface area (Å²) in [5.74, 6) is -0.694. The predicted octanol–water partition coefficient (Wildman–Crippen LogP) is 10.2. The fourth-order valence-electron chi connectivity index (χ4n) is 3.71. The molecule has 0 spiro atoms. The summed E-state index contributed by atoms with van der Waals surface area (Å²) in [6.45, 7) is 13.0. The third-order valence-electron chi connectivity index (χ3n) is 6.00. The second-order valence-corrected chi connectivity index (χ2v) is 9.41. The molecular weight excluding hydrogens is 484 g/mol. The Hall–Kier alpha value is -2.88. The highest BCUT2D eigenvalue weighted by atomic mass is 16.5. The molecule has 0 atom stereocenters. The lowest BCUT2D eigenvalue weighted by Gasteiger charge is -2.04. The Morgan fingerprint density at radius 1 is 0.667 bits per heavy atom. The van der Waals surface area contributed by atoms with E-state index in [9.17, 15) is 9.59 Å². The van der Waals surface area contributed by atoms with E-state index in [0.29, 0.717) is 6.61 Å². The number of unbranched alkanes of at least 4 members (excludes halogenated alkanes) is 15. The van der Waals surface area contributed by atoms with E-state index in [4.69, 9.17) is 4.74 Å². The van der Waals surface area contributed by atoms with Gasteiger partial charge in [-0.1, -0.05) is 172 Å². The molecule has 4 nitrogen and oxygen atoms in total. The van der Waals surface area contributed by atoms with Gasteiger partial charge in [0, 0.05) is 12.2 Å². The van der Waals surface area contributed by atoms with Crippen molar-refractivity contribution < 1.29 is 19.1 Å². The number of allylic oxidation sites excluding steroid dienone is 2. The van der Waals surface area contributed by atoms with Crippen molar-refractivity contribution in [2.75, 3.05) is 13.7 Å². The first-order valence-electron chi connectivity index (χ1n) is 14.9. The van der Waals surface area contributed by atoms with Crippen molar-refractivity contribution in [1.82, 2.24) is 0 Å². The summed E-state index contributed by atoms with van der Waals surface area (Å²) in [4.78, 5) is 20.7. The lowest BCUT2D eigenvalue weighted by atomic mass is 10.0. The highest BCUT2D eigenvalue weighted by molar-refractivity contribution is 5.81. The minimum Gasteiger partial charge on any atom is -0.466 e. The Balaban J connectivity index is 0. The summed E-state index contributed by atoms with van der Waals surface area (Å²) in [7, 11) is 1.31. The second kappa shape index (κ2) is 33.1. The molecule has 0 aliphatic heterocycles. The zero-order valence-corrected chi connectivity index (χ0v) is 25.0. The van der Waals surface area contributed by atoms with E-state index in [1.807, 2.05) is 30.4 Å². The summed E-state index contributed by atoms with van der Waals surface area (Å²) in [5.41, 5.74) is 1.21. The van der Waals surface area contributed by atoms with E-state index in [0.717, 1.165) is 12.5 Å². The SMILES string of the molecule is C=CC(=O)OC.C=CC(=O)OCCCCCCCCCCCCCCCCCC.C=CC=Cc1ccccc1. The van der Waals surface area contributed by atoms with E-state index in [2.05, 4.69) is 43.5 Å². The topological polar surface area (TPSA) is 52.6 Å². The van der Waals surface area contributed by atoms with Crippen molar-refractivity contribution in [3.8, 4) is 0 Å². The monoisotopic (exact) mass is 540 g/mol. The summed E-state index contributed by atoms with van der Waals surface area (Å²) >= 11 is 0. The molecular formula is C35H56O4. The van der Waals surface area contributed by atoms with Crippen LogP contribution in [-0.2, 0) is 19.1 Å². The molecule has 0 saturated heterocycles. The maximum atomic E-state index is 10.8. The molecule has 1 aromatic carbocycles. The number of methoxy groups -OCH3 is 1. The van der Waals surface area contributed by atoms with Crippen LogP contribution >= 0.6 is 0 Å². The molecule has 0 unspecified atom stereocenters. The number of carbonyl (C=O) groups is 2. The second-order valence-electron chi connectivity index (χ2n) is 9.41. The molecule has 1 rings (SSSR count). The first-order valence-corrected chi connectivity index (χ1v) is 14.9. The van der Waals surface area contributed by atoms with Crippen molar-refractivity contribution in [2.24, 2.45) is 0 Å². The van der Waals surface area contributed by atoms with Crippen molar-refractivity contribution in [1.29, 1.82) is 0 Å². The molecule has 0 heterocycles. The van der Waals surface area contributed by atoms with Crippen LogP contribution < -0.4 is 0 Å². The average molecular weight is 541 g/mol. The predicted molar refractivity (Wildman–Crippen MR) is 169 cm³/mol. The van der Waals surface area contributed by atoms with Crippen LogP contribution in [0.25, 0.3) is 6.08 Å². The number of ether oxygens (including phenoxy) is 2. The van der Waals surface area contributed by atoms with Crippen molar-refractivity contribution in [2.45, 2.75) is 110 Å². The van der Waals surface area contributed by atoms with Gasteiger partial charge in [0.05, 0.1) is 13.7 Å². The number of hydrogen-bond donors (Lipinski definition) is 0. The fourth-order valence-corrected chi connectivity index (χ4v) is 3.71. The van der Waals surface area contributed by atoms with Crippen LogP contribution in [0.5, 0.6) is 0 Å². The van der Waals surface area contributed by atoms with Gasteiger partial charge < -0.3 is 9.47 Å². The van der Waals surface area contributed by atoms with Gasteiger partial charge in [-0.3, -0.25) is 0 Å². The number of esters is 2. The maximum absolute atomic E-state index is 10.8. The van der Waals surface area contributed by atoms with Gasteiger partial charge >= 0.3 is 11.9 Å². The van der Waals surface area contributed by atoms with Gasteiger partial charge in [0.1, 0.15) is 0 Å². The van der Waals surface area contributed by atoms with Crippen LogP contribution in [0.3, 0.4) is 0 Å². The highest BCUT2D eigenvalue weighted by Gasteiger charge is 1.96. The number of carbonyl (C=O) groups excluding carboxylic acids is 2. The van der Waals surface area contributed by atoms with Crippen molar-refractivity contribution in [3.63, 3.8) is 0 Å². The van der Waals surface area contributed by atoms with Gasteiger partial charge in [-0.15, -0.1) is 0 Å². The molecule has 0 aromatic heterocycles. The molecule has 0 fully saturated rings. The van der Waals surface area contributed by atoms with E-state index >= 15 is 0 Å². The number of benzene rings is 1. The third kappa shape index (κ3) is 33.1. The van der Waals surface area contributed by atoms with Crippen molar-refractivity contribution >= 4 is 18.0 Å². The minimum absolute atomic E-state index is 0.300. The molecule has 0 amide bonds. The third-order valence-corrected chi connectivity index (χ3v) is 6.00. The first kappa shape index (κ1) is 38.3. The van der Waals surface area contributed by atoms with E-state index < -0.39 is 5.97 Å². The standard InChI is InChI=1S/C21H40O2.C10H10.C4H6O2/c1-3-5-6-7-8-9-10-11-12-13-14-15-16-17-18-19-20-23-21(22)4-2;1-2-3-7-10-8-5-4-6-9-10;1-3-4(5)6-2/h4H,2-3,5-20H2,1H3;2-9H,1H2;3H,1H2,2H3. The van der Waals surface area contributed by atoms with Gasteiger partial charge in [-0.2, -0.15) is 0 Å². The Morgan fingerprint density at radius 3 is 1.46 bits per heavy atom. The number of rotatable bonds is 21. The van der Waals surface area contributed by atoms with Crippen LogP contribution in [0.1, 0.15) is 115 Å². The molecule has 0 bridgehead atoms. The molecule has 0 radical (unpaired) electrons. The molecule has 1 aromatic rings. The van der Waals surface area contributed by atoms with Gasteiger partial charge in [-0.25, -0.2) is 9.59 Å². The summed E-state index contributed by atoms with van der Waals surface area (Å²) in [6, 6.07) is 10.1. The normalized spacial score (nSPS) is 9.90. The lowest BCUT2D eigenvalue weighted by molar-refractivity contribution is -0.138. The van der Waals surface area contributed by atoms with Crippen LogP contribution in [0.2, 0.25) is 0 Å². The maximum Gasteiger partial charge on any atom is 0.330 e. The van der Waals surface area contributed by atoms with Crippen LogP contribution in [0.15, 0.2) is 74.4 Å². The van der Waals surface area contributed by atoms with Crippen LogP contribution in [0, 0.1) is 0 Å². The van der Waals surface area contributed by atoms with Gasteiger partial charge in [0.15, 0.2) is 0 Å². The minimum atomic E-state index is -0.394. The fraction of sp³-hybridized carbons (Fsp3) is 0.543. The van der Waals surface area contributed by atoms with Crippen LogP contribution in [0.4, 0.5) is 0 Å². The zero-order valence-electron chi connectivity index (χ0n) is 25.0. The average Bonchev–Trinajstić information content (AvgIpc) is 2.98. The summed E-state index contributed by atoms with van der Waals surface area (Å²) < 4.78 is 9.10. The van der Waals surface area contributed by atoms with Gasteiger partial charge in [0.2, 0.25) is 0 Å². The van der Waals surface area contributed by atoms with E-state index in [-0.39, 0.29) is 5.97 Å². The van der Waals surface area contributed by atoms with E-state index in [1.54, 1.807) is 6.08 Å². The summed E-state index contributed by atoms with van der Waals surface area (Å²) in [5, 5.41) is 0. The summed E-state index contributed by atoms with van der Waals surface area (Å²) in [6.07, 6.45) is 29.8. The molecule has 220 valence electrons. The molecule has 0 saturated carbocycles. The Kier molecular flexibility index (Phi) is 32.5. The highest BCUT2D eigenvalue weighted by Crippen LogP contribution is 2.13.